The highest BCUT2D eigenvalue weighted by Gasteiger charge is 2.17. The third-order valence-corrected chi connectivity index (χ3v) is 3.16. The van der Waals surface area contributed by atoms with Gasteiger partial charge in [-0.2, -0.15) is 0 Å². The highest BCUT2D eigenvalue weighted by molar-refractivity contribution is 6.35. The van der Waals surface area contributed by atoms with Crippen LogP contribution in [0.4, 0.5) is 0 Å². The van der Waals surface area contributed by atoms with Gasteiger partial charge in [0.15, 0.2) is 6.10 Å². The molecule has 0 heterocycles. The van der Waals surface area contributed by atoms with Crippen LogP contribution >= 0.6 is 23.2 Å². The molecule has 0 aliphatic carbocycles. The van der Waals surface area contributed by atoms with Gasteiger partial charge in [0.05, 0.1) is 5.02 Å². The second-order valence-corrected chi connectivity index (χ2v) is 4.91. The lowest BCUT2D eigenvalue weighted by Crippen LogP contribution is -2.23. The molecule has 0 bridgehead atoms. The molecule has 2 nitrogen and oxygen atoms in total. The molecule has 0 aromatic heterocycles. The number of ether oxygens (including phenoxy) is 1. The molecule has 0 N–H and O–H groups in total. The van der Waals surface area contributed by atoms with E-state index in [2.05, 4.69) is 0 Å². The van der Waals surface area contributed by atoms with Crippen molar-refractivity contribution in [3.8, 4) is 5.75 Å². The molecule has 0 fully saturated rings. The van der Waals surface area contributed by atoms with Crippen LogP contribution in [0.2, 0.25) is 10.0 Å². The van der Waals surface area contributed by atoms with E-state index in [1.807, 2.05) is 18.2 Å². The molecule has 2 aromatic carbocycles. The molecule has 19 heavy (non-hydrogen) atoms. The van der Waals surface area contributed by atoms with Crippen LogP contribution < -0.4 is 4.74 Å². The van der Waals surface area contributed by atoms with E-state index in [4.69, 9.17) is 27.9 Å². The van der Waals surface area contributed by atoms with Crippen molar-refractivity contribution in [2.75, 3.05) is 0 Å². The van der Waals surface area contributed by atoms with Crippen LogP contribution in [0, 0.1) is 0 Å². The Morgan fingerprint density at radius 3 is 2.42 bits per heavy atom. The fourth-order valence-corrected chi connectivity index (χ4v) is 2.10. The van der Waals surface area contributed by atoms with Crippen molar-refractivity contribution in [1.82, 2.24) is 0 Å². The van der Waals surface area contributed by atoms with Crippen molar-refractivity contribution < 1.29 is 9.53 Å². The highest BCUT2D eigenvalue weighted by Crippen LogP contribution is 2.28. The molecule has 0 unspecified atom stereocenters. The Bertz CT molecular complexity index is 582. The smallest absolute Gasteiger partial charge is 0.202 e. The fourth-order valence-electron chi connectivity index (χ4n) is 1.65. The van der Waals surface area contributed by atoms with Crippen LogP contribution in [0.3, 0.4) is 0 Å². The minimum atomic E-state index is -0.610. The third-order valence-electron chi connectivity index (χ3n) is 2.63. The van der Waals surface area contributed by atoms with Crippen LogP contribution in [0.15, 0.2) is 48.5 Å². The average Bonchev–Trinajstić information content (AvgIpc) is 2.42. The summed E-state index contributed by atoms with van der Waals surface area (Å²) in [7, 11) is 0. The molecular formula is C15H12Cl2O2. The first kappa shape index (κ1) is 13.9. The number of carbonyl (C=O) groups excluding carboxylic acids is 1. The van der Waals surface area contributed by atoms with Crippen molar-refractivity contribution >= 4 is 29.0 Å². The van der Waals surface area contributed by atoms with Gasteiger partial charge in [-0.15, -0.1) is 0 Å². The summed E-state index contributed by atoms with van der Waals surface area (Å²) >= 11 is 11.8. The van der Waals surface area contributed by atoms with E-state index in [9.17, 15) is 4.79 Å². The van der Waals surface area contributed by atoms with Crippen LogP contribution in [0.1, 0.15) is 17.3 Å². The fraction of sp³-hybridized carbons (Fsp3) is 0.133. The number of hydrogen-bond donors (Lipinski definition) is 0. The molecule has 0 radical (unpaired) electrons. The van der Waals surface area contributed by atoms with Gasteiger partial charge in [-0.05, 0) is 25.1 Å². The van der Waals surface area contributed by atoms with E-state index in [1.165, 1.54) is 0 Å². The molecule has 4 heteroatoms. The molecule has 98 valence electrons. The van der Waals surface area contributed by atoms with Gasteiger partial charge in [-0.3, -0.25) is 4.79 Å². The lowest BCUT2D eigenvalue weighted by atomic mass is 10.1. The first-order valence-corrected chi connectivity index (χ1v) is 6.54. The normalized spacial score (nSPS) is 11.9. The zero-order valence-corrected chi connectivity index (χ0v) is 11.8. The second kappa shape index (κ2) is 6.09. The monoisotopic (exact) mass is 294 g/mol. The van der Waals surface area contributed by atoms with Crippen molar-refractivity contribution in [2.45, 2.75) is 13.0 Å². The molecule has 0 amide bonds. The SMILES string of the molecule is C[C@@H](Oc1ccc(Cl)cc1Cl)C(=O)c1ccccc1. The summed E-state index contributed by atoms with van der Waals surface area (Å²) in [5, 5.41) is 0.916. The summed E-state index contributed by atoms with van der Waals surface area (Å²) in [4.78, 5) is 12.1. The molecule has 1 atom stereocenters. The zero-order chi connectivity index (χ0) is 13.8. The summed E-state index contributed by atoms with van der Waals surface area (Å²) in [6.45, 7) is 1.69. The Kier molecular flexibility index (Phi) is 4.46. The van der Waals surface area contributed by atoms with Gasteiger partial charge >= 0.3 is 0 Å². The Hall–Kier alpha value is -1.51. The predicted octanol–water partition coefficient (Wildman–Crippen LogP) is 4.64. The summed E-state index contributed by atoms with van der Waals surface area (Å²) in [5.41, 5.74) is 0.611. The van der Waals surface area contributed by atoms with E-state index in [0.717, 1.165) is 0 Å². The maximum absolute atomic E-state index is 12.1. The van der Waals surface area contributed by atoms with Crippen molar-refractivity contribution in [3.05, 3.63) is 64.1 Å². The lowest BCUT2D eigenvalue weighted by Gasteiger charge is -2.14. The summed E-state index contributed by atoms with van der Waals surface area (Å²) in [6, 6.07) is 13.9. The van der Waals surface area contributed by atoms with E-state index in [0.29, 0.717) is 21.4 Å². The number of hydrogen-bond acceptors (Lipinski definition) is 2. The molecule has 0 spiro atoms. The van der Waals surface area contributed by atoms with Crippen molar-refractivity contribution in [3.63, 3.8) is 0 Å². The maximum atomic E-state index is 12.1. The predicted molar refractivity (Wildman–Crippen MR) is 77.3 cm³/mol. The van der Waals surface area contributed by atoms with Crippen molar-refractivity contribution in [2.24, 2.45) is 0 Å². The van der Waals surface area contributed by atoms with Gasteiger partial charge in [0.2, 0.25) is 5.78 Å². The molecule has 0 aliphatic rings. The first-order chi connectivity index (χ1) is 9.08. The van der Waals surface area contributed by atoms with Crippen LogP contribution in [-0.2, 0) is 0 Å². The number of rotatable bonds is 4. The Labute approximate surface area is 121 Å². The van der Waals surface area contributed by atoms with Gasteiger partial charge in [-0.25, -0.2) is 0 Å². The Morgan fingerprint density at radius 2 is 1.79 bits per heavy atom. The molecule has 0 aliphatic heterocycles. The second-order valence-electron chi connectivity index (χ2n) is 4.07. The van der Waals surface area contributed by atoms with E-state index in [-0.39, 0.29) is 5.78 Å². The van der Waals surface area contributed by atoms with E-state index in [1.54, 1.807) is 37.3 Å². The summed E-state index contributed by atoms with van der Waals surface area (Å²) < 4.78 is 5.58. The van der Waals surface area contributed by atoms with Crippen LogP contribution in [-0.4, -0.2) is 11.9 Å². The topological polar surface area (TPSA) is 26.3 Å². The number of Topliss-reactive ketones (excluding diaryl/α,β-unsaturated/α-hetero) is 1. The average molecular weight is 295 g/mol. The third kappa shape index (κ3) is 3.49. The first-order valence-electron chi connectivity index (χ1n) is 5.79. The molecule has 0 saturated heterocycles. The minimum absolute atomic E-state index is 0.0911. The van der Waals surface area contributed by atoms with E-state index < -0.39 is 6.10 Å². The number of halogens is 2. The van der Waals surface area contributed by atoms with Gasteiger partial charge in [0.25, 0.3) is 0 Å². The van der Waals surface area contributed by atoms with Crippen LogP contribution in [0.5, 0.6) is 5.75 Å². The van der Waals surface area contributed by atoms with Gasteiger partial charge in [-0.1, -0.05) is 53.5 Å². The minimum Gasteiger partial charge on any atom is -0.481 e. The quantitative estimate of drug-likeness (QED) is 0.768. The number of carbonyl (C=O) groups is 1. The maximum Gasteiger partial charge on any atom is 0.202 e. The van der Waals surface area contributed by atoms with Gasteiger partial charge in [0.1, 0.15) is 5.75 Å². The zero-order valence-electron chi connectivity index (χ0n) is 10.3. The molecule has 2 rings (SSSR count). The molecular weight excluding hydrogens is 283 g/mol. The summed E-state index contributed by atoms with van der Waals surface area (Å²) in [6.07, 6.45) is -0.610. The summed E-state index contributed by atoms with van der Waals surface area (Å²) in [5.74, 6) is 0.356. The largest absolute Gasteiger partial charge is 0.481 e. The van der Waals surface area contributed by atoms with Gasteiger partial charge in [0, 0.05) is 10.6 Å². The highest BCUT2D eigenvalue weighted by atomic mass is 35.5. The number of ketones is 1. The molecule has 0 saturated carbocycles. The van der Waals surface area contributed by atoms with Crippen LogP contribution in [0.25, 0.3) is 0 Å². The number of benzene rings is 2. The van der Waals surface area contributed by atoms with Crippen molar-refractivity contribution in [1.29, 1.82) is 0 Å². The lowest BCUT2D eigenvalue weighted by molar-refractivity contribution is 0.0818. The van der Waals surface area contributed by atoms with Gasteiger partial charge < -0.3 is 4.74 Å². The standard InChI is InChI=1S/C15H12Cl2O2/c1-10(15(18)11-5-3-2-4-6-11)19-14-8-7-12(16)9-13(14)17/h2-10H,1H3/t10-/m1/s1. The Morgan fingerprint density at radius 1 is 1.11 bits per heavy atom. The Balaban J connectivity index is 2.13. The van der Waals surface area contributed by atoms with E-state index >= 15 is 0 Å². The molecule has 2 aromatic rings.